The minimum Gasteiger partial charge on any atom is -0.408 e. The fraction of sp³-hybridized carbons (Fsp3) is 0.742. The number of benzene rings is 1. The highest BCUT2D eigenvalue weighted by Gasteiger charge is 2.62. The fourth-order valence-corrected chi connectivity index (χ4v) is 9.94. The summed E-state index contributed by atoms with van der Waals surface area (Å²) in [7, 11) is 0. The number of fused-ring (bicyclic) bond motifs is 6. The fourth-order valence-electron chi connectivity index (χ4n) is 9.94. The predicted octanol–water partition coefficient (Wildman–Crippen LogP) is 5.89. The van der Waals surface area contributed by atoms with Crippen molar-refractivity contribution in [3.8, 4) is 0 Å². The van der Waals surface area contributed by atoms with E-state index in [-0.39, 0.29) is 33.9 Å². The summed E-state index contributed by atoms with van der Waals surface area (Å²) < 4.78 is 19.7. The maximum absolute atomic E-state index is 14.3. The van der Waals surface area contributed by atoms with Gasteiger partial charge in [-0.25, -0.2) is 14.2 Å². The van der Waals surface area contributed by atoms with Gasteiger partial charge in [-0.15, -0.1) is 0 Å². The molecule has 6 rings (SSSR count). The van der Waals surface area contributed by atoms with Crippen LogP contribution in [0.4, 0.5) is 4.39 Å². The summed E-state index contributed by atoms with van der Waals surface area (Å²) in [5.74, 6) is 2.67. The highest BCUT2D eigenvalue weighted by molar-refractivity contribution is 5.77. The van der Waals surface area contributed by atoms with E-state index < -0.39 is 11.4 Å². The molecule has 6 heteroatoms. The molecule has 4 aliphatic carbocycles. The van der Waals surface area contributed by atoms with Crippen molar-refractivity contribution in [2.75, 3.05) is 0 Å². The molecule has 4 aliphatic rings. The number of hydrogen-bond donors (Lipinski definition) is 2. The topological polar surface area (TPSA) is 83.6 Å². The van der Waals surface area contributed by atoms with E-state index in [1.165, 1.54) is 37.8 Å². The van der Waals surface area contributed by atoms with E-state index >= 15 is 0 Å². The number of aliphatic hydroxyl groups excluding tert-OH is 2. The number of aliphatic hydroxyl groups is 2. The molecule has 202 valence electrons. The number of para-hydroxylation sites is 1. The Morgan fingerprint density at radius 2 is 1.84 bits per heavy atom. The van der Waals surface area contributed by atoms with E-state index in [4.69, 9.17) is 4.42 Å². The molecule has 0 aliphatic heterocycles. The monoisotopic (exact) mass is 511 g/mol. The summed E-state index contributed by atoms with van der Waals surface area (Å²) in [4.78, 5) is 16.7. The molecule has 1 aromatic heterocycles. The first-order valence-electron chi connectivity index (χ1n) is 14.6. The van der Waals surface area contributed by atoms with Crippen LogP contribution in [0.2, 0.25) is 0 Å². The first-order valence-corrected chi connectivity index (χ1v) is 14.6. The summed E-state index contributed by atoms with van der Waals surface area (Å²) in [5.41, 5.74) is 0.0124. The molecule has 4 fully saturated rings. The minimum absolute atomic E-state index is 0.0981. The molecule has 1 heterocycles. The van der Waals surface area contributed by atoms with Gasteiger partial charge >= 0.3 is 5.63 Å². The van der Waals surface area contributed by atoms with Crippen molar-refractivity contribution in [3.05, 3.63) is 40.3 Å². The standard InChI is InChI=1S/C31H42FNO4/c1-17(7-10-26-33-28-20(29(36)37-26)5-4-6-24(28)32)21-8-9-22-27-23(12-14-31(21,22)3)30(2)13-11-19(34)15-18(30)16-25(27)35/h4-6,17-19,21-23,25,27,34-35H,7-16H2,1-3H3/t17-,18+,19-,21-,22+,23?,25-,27+,30+,31-/m1/s1. The second kappa shape index (κ2) is 9.15. The Balaban J connectivity index is 1.19. The van der Waals surface area contributed by atoms with Crippen LogP contribution in [-0.2, 0) is 6.42 Å². The number of aromatic nitrogens is 1. The van der Waals surface area contributed by atoms with Gasteiger partial charge in [-0.2, -0.15) is 0 Å². The van der Waals surface area contributed by atoms with E-state index in [9.17, 15) is 19.4 Å². The molecular formula is C31H42FNO4. The van der Waals surface area contributed by atoms with Gasteiger partial charge in [0.1, 0.15) is 11.3 Å². The second-order valence-corrected chi connectivity index (χ2v) is 13.5. The number of nitrogens with zero attached hydrogens (tertiary/aromatic N) is 1. The SMILES string of the molecule is C[C@H](CCc1nc2c(F)cccc2c(=O)o1)[C@H]1CC[C@H]2[C@H]3C(CC[C@]12C)[C@@]1(C)CC[C@@H](O)C[C@H]1C[C@H]3O. The van der Waals surface area contributed by atoms with Gasteiger partial charge in [-0.05, 0) is 116 Å². The number of aryl methyl sites for hydroxylation is 1. The van der Waals surface area contributed by atoms with E-state index in [0.717, 1.165) is 32.1 Å². The van der Waals surface area contributed by atoms with Gasteiger partial charge in [0.05, 0.1) is 17.6 Å². The Labute approximate surface area is 218 Å². The van der Waals surface area contributed by atoms with Crippen molar-refractivity contribution in [2.24, 2.45) is 46.3 Å². The van der Waals surface area contributed by atoms with Crippen LogP contribution < -0.4 is 5.63 Å². The molecule has 0 spiro atoms. The minimum atomic E-state index is -0.522. The van der Waals surface area contributed by atoms with Gasteiger partial charge in [0.15, 0.2) is 5.89 Å². The molecule has 5 nitrogen and oxygen atoms in total. The molecule has 0 amide bonds. The summed E-state index contributed by atoms with van der Waals surface area (Å²) in [6, 6.07) is 4.39. The summed E-state index contributed by atoms with van der Waals surface area (Å²) in [6.45, 7) is 7.23. The van der Waals surface area contributed by atoms with Crippen LogP contribution in [0.5, 0.6) is 0 Å². The third kappa shape index (κ3) is 4.00. The normalized spacial score (nSPS) is 42.2. The third-order valence-corrected chi connectivity index (χ3v) is 11.9. The zero-order valence-electron chi connectivity index (χ0n) is 22.5. The molecule has 0 saturated heterocycles. The van der Waals surface area contributed by atoms with Gasteiger partial charge in [0.2, 0.25) is 0 Å². The number of hydrogen-bond acceptors (Lipinski definition) is 5. The van der Waals surface area contributed by atoms with Crippen molar-refractivity contribution in [1.82, 2.24) is 4.98 Å². The van der Waals surface area contributed by atoms with Crippen LogP contribution in [-0.4, -0.2) is 27.4 Å². The lowest BCUT2D eigenvalue weighted by atomic mass is 9.43. The highest BCUT2D eigenvalue weighted by atomic mass is 19.1. The lowest BCUT2D eigenvalue weighted by molar-refractivity contribution is -0.174. The Morgan fingerprint density at radius 1 is 1.08 bits per heavy atom. The average molecular weight is 512 g/mol. The van der Waals surface area contributed by atoms with Gasteiger partial charge in [-0.1, -0.05) is 26.8 Å². The number of halogens is 1. The van der Waals surface area contributed by atoms with Crippen LogP contribution in [0.3, 0.4) is 0 Å². The van der Waals surface area contributed by atoms with Gasteiger partial charge in [0, 0.05) is 6.42 Å². The molecular weight excluding hydrogens is 469 g/mol. The molecule has 10 atom stereocenters. The van der Waals surface area contributed by atoms with Crippen LogP contribution in [0.1, 0.15) is 84.4 Å². The molecule has 0 radical (unpaired) electrons. The van der Waals surface area contributed by atoms with E-state index in [0.29, 0.717) is 47.8 Å². The largest absolute Gasteiger partial charge is 0.408 e. The van der Waals surface area contributed by atoms with Crippen LogP contribution in [0.15, 0.2) is 27.4 Å². The van der Waals surface area contributed by atoms with Crippen molar-refractivity contribution < 1.29 is 19.0 Å². The maximum Gasteiger partial charge on any atom is 0.346 e. The van der Waals surface area contributed by atoms with Gasteiger partial charge < -0.3 is 14.6 Å². The van der Waals surface area contributed by atoms with Crippen LogP contribution in [0, 0.1) is 52.2 Å². The zero-order chi connectivity index (χ0) is 26.1. The quantitative estimate of drug-likeness (QED) is 0.535. The van der Waals surface area contributed by atoms with Crippen molar-refractivity contribution in [3.63, 3.8) is 0 Å². The van der Waals surface area contributed by atoms with Crippen molar-refractivity contribution in [1.29, 1.82) is 0 Å². The Kier molecular flexibility index (Phi) is 6.30. The van der Waals surface area contributed by atoms with Crippen LogP contribution >= 0.6 is 0 Å². The number of rotatable bonds is 4. The second-order valence-electron chi connectivity index (χ2n) is 13.5. The summed E-state index contributed by atoms with van der Waals surface area (Å²) in [5, 5.41) is 22.0. The Hall–Kier alpha value is -1.79. The zero-order valence-corrected chi connectivity index (χ0v) is 22.5. The van der Waals surface area contributed by atoms with E-state index in [1.807, 2.05) is 0 Å². The third-order valence-electron chi connectivity index (χ3n) is 11.9. The Bertz CT molecular complexity index is 1230. The highest BCUT2D eigenvalue weighted by Crippen LogP contribution is 2.68. The van der Waals surface area contributed by atoms with Gasteiger partial charge in [-0.3, -0.25) is 0 Å². The van der Waals surface area contributed by atoms with E-state index in [2.05, 4.69) is 25.8 Å². The van der Waals surface area contributed by atoms with Crippen molar-refractivity contribution >= 4 is 10.9 Å². The smallest absolute Gasteiger partial charge is 0.346 e. The first kappa shape index (κ1) is 25.5. The molecule has 1 unspecified atom stereocenters. The molecule has 37 heavy (non-hydrogen) atoms. The molecule has 1 aromatic carbocycles. The molecule has 4 saturated carbocycles. The molecule has 2 aromatic rings. The Morgan fingerprint density at radius 3 is 2.65 bits per heavy atom. The summed E-state index contributed by atoms with van der Waals surface area (Å²) >= 11 is 0. The summed E-state index contributed by atoms with van der Waals surface area (Å²) in [6.07, 6.45) is 9.27. The maximum atomic E-state index is 14.3. The van der Waals surface area contributed by atoms with Crippen molar-refractivity contribution in [2.45, 2.75) is 97.2 Å². The van der Waals surface area contributed by atoms with Gasteiger partial charge in [0.25, 0.3) is 0 Å². The molecule has 2 N–H and O–H groups in total. The van der Waals surface area contributed by atoms with E-state index in [1.54, 1.807) is 6.07 Å². The molecule has 0 bridgehead atoms. The lowest BCUT2D eigenvalue weighted by Gasteiger charge is -2.62. The van der Waals surface area contributed by atoms with Crippen LogP contribution in [0.25, 0.3) is 10.9 Å². The lowest BCUT2D eigenvalue weighted by Crippen LogP contribution is -2.58. The first-order chi connectivity index (χ1) is 17.6. The average Bonchev–Trinajstić information content (AvgIpc) is 3.21. The predicted molar refractivity (Wildman–Crippen MR) is 140 cm³/mol.